The number of nitrogens with zero attached hydrogens (tertiary/aromatic N) is 1. The molecule has 1 N–H and O–H groups in total. The molecule has 0 bridgehead atoms. The molecule has 0 amide bonds. The summed E-state index contributed by atoms with van der Waals surface area (Å²) in [6.07, 6.45) is -1.18. The lowest BCUT2D eigenvalue weighted by Crippen LogP contribution is -2.33. The highest BCUT2D eigenvalue weighted by molar-refractivity contribution is 8.29. The third-order valence-electron chi connectivity index (χ3n) is 8.62. The number of aliphatic hydroxyl groups is 1. The van der Waals surface area contributed by atoms with Crippen LogP contribution >= 0.6 is 10.3 Å². The van der Waals surface area contributed by atoms with E-state index >= 15 is 0 Å². The van der Waals surface area contributed by atoms with E-state index in [9.17, 15) is 22.7 Å². The summed E-state index contributed by atoms with van der Waals surface area (Å²) in [6, 6.07) is 10.5. The van der Waals surface area contributed by atoms with Crippen LogP contribution < -0.4 is 0 Å². The molecule has 3 atom stereocenters. The fourth-order valence-corrected chi connectivity index (χ4v) is 6.49. The first kappa shape index (κ1) is 33.4. The molecule has 2 aromatic carbocycles. The molecule has 0 aliphatic heterocycles. The molecular formula is C34H43F4NO3S. The topological polar surface area (TPSA) is 51.6 Å². The first-order valence-electron chi connectivity index (χ1n) is 14.4. The number of alkyl halides is 3. The third-order valence-corrected chi connectivity index (χ3v) is 12.3. The lowest BCUT2D eigenvalue weighted by Gasteiger charge is -2.49. The highest BCUT2D eigenvalue weighted by Crippen LogP contribution is 2.60. The van der Waals surface area contributed by atoms with Crippen molar-refractivity contribution in [3.63, 3.8) is 0 Å². The minimum absolute atomic E-state index is 0.134. The predicted molar refractivity (Wildman–Crippen MR) is 166 cm³/mol. The Labute approximate surface area is 254 Å². The van der Waals surface area contributed by atoms with Crippen molar-refractivity contribution in [3.05, 3.63) is 88.0 Å². The molecular weight excluding hydrogens is 578 g/mol. The van der Waals surface area contributed by atoms with E-state index in [4.69, 9.17) is 13.9 Å². The van der Waals surface area contributed by atoms with Crippen molar-refractivity contribution in [3.8, 4) is 11.1 Å². The Bertz CT molecular complexity index is 1440. The standard InChI is InChI=1S/C34H43F4NO3S/c1-20(41-7)30-29(31(40)22-10-14-23(15-11-22)34(36,37)38)27(21-12-16-24(35)17-13-21)28-25(39-30)18-33(5,6)19-26(28)42-43(8,9)32(2,3)4/h10-17,20,26,31,40H,18-19H2,1-9H3/t20?,26-,31?/m0/s1. The van der Waals surface area contributed by atoms with Crippen molar-refractivity contribution in [2.75, 3.05) is 19.6 Å². The number of methoxy groups -OCH3 is 1. The van der Waals surface area contributed by atoms with Crippen LogP contribution in [0, 0.1) is 11.2 Å². The maximum absolute atomic E-state index is 14.2. The van der Waals surface area contributed by atoms with Gasteiger partial charge in [-0.1, -0.05) is 58.9 Å². The normalized spacial score (nSPS) is 19.1. The van der Waals surface area contributed by atoms with Gasteiger partial charge in [0.2, 0.25) is 0 Å². The Balaban J connectivity index is 2.07. The van der Waals surface area contributed by atoms with Gasteiger partial charge in [0.15, 0.2) is 0 Å². The molecule has 1 aromatic heterocycles. The van der Waals surface area contributed by atoms with E-state index < -0.39 is 40.1 Å². The average molecular weight is 622 g/mol. The molecule has 0 radical (unpaired) electrons. The number of aliphatic hydroxyl groups excluding tert-OH is 1. The van der Waals surface area contributed by atoms with Gasteiger partial charge in [0.1, 0.15) is 11.9 Å². The monoisotopic (exact) mass is 621 g/mol. The lowest BCUT2D eigenvalue weighted by molar-refractivity contribution is -0.137. The van der Waals surface area contributed by atoms with E-state index in [0.29, 0.717) is 35.2 Å². The molecule has 4 nitrogen and oxygen atoms in total. The Kier molecular flexibility index (Phi) is 9.18. The van der Waals surface area contributed by atoms with Gasteiger partial charge in [0, 0.05) is 28.7 Å². The van der Waals surface area contributed by atoms with Crippen LogP contribution in [0.5, 0.6) is 0 Å². The summed E-state index contributed by atoms with van der Waals surface area (Å²) in [6.45, 7) is 12.6. The summed E-state index contributed by atoms with van der Waals surface area (Å²) in [5.41, 5.74) is 3.15. The van der Waals surface area contributed by atoms with E-state index in [1.54, 1.807) is 19.2 Å². The zero-order valence-electron chi connectivity index (χ0n) is 26.4. The number of fused-ring (bicyclic) bond motifs is 1. The van der Waals surface area contributed by atoms with Gasteiger partial charge in [0.05, 0.1) is 23.5 Å². The number of halogens is 4. The van der Waals surface area contributed by atoms with E-state index in [1.807, 2.05) is 6.92 Å². The molecule has 1 heterocycles. The number of hydrogen-bond acceptors (Lipinski definition) is 4. The number of pyridine rings is 1. The second-order valence-corrected chi connectivity index (χ2v) is 17.4. The molecule has 0 saturated carbocycles. The van der Waals surface area contributed by atoms with E-state index in [1.165, 1.54) is 24.3 Å². The first-order valence-corrected chi connectivity index (χ1v) is 16.7. The van der Waals surface area contributed by atoms with Gasteiger partial charge in [0.25, 0.3) is 0 Å². The summed E-state index contributed by atoms with van der Waals surface area (Å²) in [5.74, 6) is -0.408. The zero-order valence-corrected chi connectivity index (χ0v) is 27.2. The molecule has 43 heavy (non-hydrogen) atoms. The Morgan fingerprint density at radius 3 is 2.09 bits per heavy atom. The molecule has 0 saturated heterocycles. The summed E-state index contributed by atoms with van der Waals surface area (Å²) in [4.78, 5) is 5.12. The van der Waals surface area contributed by atoms with Crippen LogP contribution in [-0.2, 0) is 21.5 Å². The average Bonchev–Trinajstić information content (AvgIpc) is 2.89. The number of benzene rings is 2. The van der Waals surface area contributed by atoms with Gasteiger partial charge >= 0.3 is 6.18 Å². The van der Waals surface area contributed by atoms with Crippen LogP contribution in [0.3, 0.4) is 0 Å². The quantitative estimate of drug-likeness (QED) is 0.267. The molecule has 4 rings (SSSR count). The van der Waals surface area contributed by atoms with Gasteiger partial charge in [-0.25, -0.2) is 4.39 Å². The molecule has 3 aromatic rings. The predicted octanol–water partition coefficient (Wildman–Crippen LogP) is 9.50. The van der Waals surface area contributed by atoms with Crippen LogP contribution in [0.4, 0.5) is 17.6 Å². The molecule has 9 heteroatoms. The first-order chi connectivity index (χ1) is 19.8. The molecule has 1 aliphatic rings. The maximum atomic E-state index is 14.2. The minimum atomic E-state index is -4.51. The largest absolute Gasteiger partial charge is 0.416 e. The zero-order chi connectivity index (χ0) is 32.1. The van der Waals surface area contributed by atoms with Crippen molar-refractivity contribution < 1.29 is 31.6 Å². The summed E-state index contributed by atoms with van der Waals surface area (Å²) in [7, 11) is -0.0682. The van der Waals surface area contributed by atoms with Crippen LogP contribution in [0.25, 0.3) is 11.1 Å². The third kappa shape index (κ3) is 6.95. The van der Waals surface area contributed by atoms with Crippen molar-refractivity contribution in [1.29, 1.82) is 0 Å². The van der Waals surface area contributed by atoms with Crippen LogP contribution in [-0.4, -0.2) is 34.5 Å². The molecule has 0 spiro atoms. The van der Waals surface area contributed by atoms with E-state index in [-0.39, 0.29) is 21.8 Å². The van der Waals surface area contributed by atoms with E-state index in [2.05, 4.69) is 47.1 Å². The van der Waals surface area contributed by atoms with Crippen molar-refractivity contribution in [1.82, 2.24) is 4.98 Å². The summed E-state index contributed by atoms with van der Waals surface area (Å²) < 4.78 is 66.9. The van der Waals surface area contributed by atoms with Gasteiger partial charge < -0.3 is 14.0 Å². The van der Waals surface area contributed by atoms with Crippen LogP contribution in [0.1, 0.15) is 99.9 Å². The number of rotatable bonds is 7. The summed E-state index contributed by atoms with van der Waals surface area (Å²) in [5, 5.41) is 12.0. The van der Waals surface area contributed by atoms with Crippen molar-refractivity contribution >= 4 is 10.3 Å². The summed E-state index contributed by atoms with van der Waals surface area (Å²) >= 11 is 0. The maximum Gasteiger partial charge on any atom is 0.416 e. The fraction of sp³-hybridized carbons (Fsp3) is 0.500. The SMILES string of the molecule is COC(C)c1nc2c(c(-c3ccc(F)cc3)c1C(O)c1ccc(C(F)(F)F)cc1)[C@@H](OS(C)(C)C(C)(C)C)CC(C)(C)C2. The van der Waals surface area contributed by atoms with E-state index in [0.717, 1.165) is 23.4 Å². The number of hydrogen-bond donors (Lipinski definition) is 1. The number of aromatic nitrogens is 1. The lowest BCUT2D eigenvalue weighted by atomic mass is 9.71. The Morgan fingerprint density at radius 1 is 1.00 bits per heavy atom. The van der Waals surface area contributed by atoms with Crippen molar-refractivity contribution in [2.24, 2.45) is 5.41 Å². The Morgan fingerprint density at radius 2 is 1.58 bits per heavy atom. The van der Waals surface area contributed by atoms with Crippen LogP contribution in [0.2, 0.25) is 0 Å². The second-order valence-electron chi connectivity index (χ2n) is 13.5. The molecule has 236 valence electrons. The fourth-order valence-electron chi connectivity index (χ4n) is 5.46. The van der Waals surface area contributed by atoms with Gasteiger partial charge in [-0.15, -0.1) is 10.3 Å². The molecule has 0 fully saturated rings. The van der Waals surface area contributed by atoms with Crippen molar-refractivity contribution in [2.45, 2.75) is 83.6 Å². The molecule has 2 unspecified atom stereocenters. The minimum Gasteiger partial charge on any atom is -0.384 e. The number of ether oxygens (including phenoxy) is 1. The Hall–Kier alpha value is -2.46. The highest BCUT2D eigenvalue weighted by atomic mass is 32.3. The smallest absolute Gasteiger partial charge is 0.384 e. The van der Waals surface area contributed by atoms with Gasteiger partial charge in [-0.05, 0) is 78.6 Å². The van der Waals surface area contributed by atoms with Crippen LogP contribution in [0.15, 0.2) is 48.5 Å². The van der Waals surface area contributed by atoms with Gasteiger partial charge in [-0.3, -0.25) is 4.98 Å². The molecule has 1 aliphatic carbocycles. The van der Waals surface area contributed by atoms with Gasteiger partial charge in [-0.2, -0.15) is 13.2 Å². The highest BCUT2D eigenvalue weighted by Gasteiger charge is 2.42. The second kappa shape index (κ2) is 11.8.